The third-order valence-corrected chi connectivity index (χ3v) is 19.3. The van der Waals surface area contributed by atoms with Crippen molar-refractivity contribution in [2.45, 2.75) is 303 Å². The van der Waals surface area contributed by atoms with Crippen LogP contribution in [0.2, 0.25) is 0 Å². The standard InChI is InChI=1S/C72H131N17O17/c1-12-17-24-47(34-57(76)94)78-66(100)53(28-20-22-32-74)83-68(102)51(26-18-13-2)81-58(95)35-49(41-91)80-71(105)64(44(9)15-4)88-62(99)39-77-70(104)63(42(6)7)86-59(96)36-48(40-90)79-67(101)54(29-30-56(75)93)84-72(106)65(45(10)16-5)87-61(98)38-55(43(8)14-3)85-69(103)52(27-19-21-31-73)82-60(97)37-50-25-23-33-89(50)46(11)92/h42-45,47-55,63-65,90-91H,12-41,73-74H2,1-11H3,(H2,75,93)(H2,76,94)(H,77,104)(H,78,100)(H,79,101)(H,80,105)(H,81,95)(H,82,97)(H,83,102)(H,84,106)(H,85,103)(H,86,96)(H,87,98)(H,88,99)/t43-,44-,45-,47-,48+,49+,50-,51-,52-,53-,54-,55-,63-,64-,65-/m0/s1. The lowest BCUT2D eigenvalue weighted by atomic mass is 9.93. The summed E-state index contributed by atoms with van der Waals surface area (Å²) in [5.41, 5.74) is 22.4. The minimum absolute atomic E-state index is 0.0119. The van der Waals surface area contributed by atoms with E-state index >= 15 is 0 Å². The van der Waals surface area contributed by atoms with Gasteiger partial charge in [0.15, 0.2) is 0 Å². The van der Waals surface area contributed by atoms with Gasteiger partial charge in [0.25, 0.3) is 0 Å². The van der Waals surface area contributed by atoms with Crippen LogP contribution in [0.5, 0.6) is 0 Å². The molecule has 0 saturated carbocycles. The summed E-state index contributed by atoms with van der Waals surface area (Å²) in [6.07, 6.45) is 6.34. The molecule has 0 bridgehead atoms. The summed E-state index contributed by atoms with van der Waals surface area (Å²) in [5.74, 6) is -12.0. The Bertz CT molecular complexity index is 2820. The van der Waals surface area contributed by atoms with Crippen LogP contribution >= 0.6 is 0 Å². The zero-order valence-electron chi connectivity index (χ0n) is 64.7. The van der Waals surface area contributed by atoms with E-state index in [2.05, 4.69) is 63.8 Å². The Morgan fingerprint density at radius 2 is 0.849 bits per heavy atom. The largest absolute Gasteiger partial charge is 0.394 e. The molecule has 606 valence electrons. The molecule has 0 spiro atoms. The number of likely N-dealkylation sites (tertiary alicyclic amines) is 1. The van der Waals surface area contributed by atoms with Crippen molar-refractivity contribution in [1.29, 1.82) is 0 Å². The predicted octanol–water partition coefficient (Wildman–Crippen LogP) is -1.44. The predicted molar refractivity (Wildman–Crippen MR) is 398 cm³/mol. The SMILES string of the molecule is CCCC[C@@H](CC(N)=O)NC(=O)[C@H](CCCCN)NC(=O)[C@H](CCCC)NC(=O)C[C@H](CO)NC(=O)[C@@H](NC(=O)CNC(=O)[C@@H](NC(=O)C[C@H](CO)NC(=O)[C@H](CCC(N)=O)NC(=O)[C@@H](NC(=O)C[C@H](NC(=O)[C@H](CCCCN)NC(=O)C[C@@H]1CCCN1C(C)=O)[C@@H](C)CC)[C@@H](C)CC)C(C)C)[C@@H](C)CC. The molecule has 1 aliphatic rings. The van der Waals surface area contributed by atoms with Crippen molar-refractivity contribution in [2.75, 3.05) is 39.4 Å². The van der Waals surface area contributed by atoms with Crippen LogP contribution in [0.4, 0.5) is 0 Å². The molecule has 1 fully saturated rings. The third-order valence-electron chi connectivity index (χ3n) is 19.3. The van der Waals surface area contributed by atoms with E-state index in [1.165, 1.54) is 6.92 Å². The van der Waals surface area contributed by atoms with E-state index in [1.54, 1.807) is 46.4 Å². The second-order valence-corrected chi connectivity index (χ2v) is 28.6. The molecule has 0 aromatic carbocycles. The molecule has 34 heteroatoms. The molecule has 34 nitrogen and oxygen atoms in total. The quantitative estimate of drug-likeness (QED) is 0.0310. The molecule has 22 N–H and O–H groups in total. The van der Waals surface area contributed by atoms with Crippen molar-refractivity contribution in [3.05, 3.63) is 0 Å². The van der Waals surface area contributed by atoms with Crippen molar-refractivity contribution in [3.63, 3.8) is 0 Å². The Morgan fingerprint density at radius 1 is 0.425 bits per heavy atom. The number of nitrogens with zero attached hydrogens (tertiary/aromatic N) is 1. The monoisotopic (exact) mass is 1510 g/mol. The van der Waals surface area contributed by atoms with Crippen LogP contribution in [0, 0.1) is 23.7 Å². The maximum atomic E-state index is 14.2. The van der Waals surface area contributed by atoms with E-state index in [1.807, 2.05) is 27.7 Å². The normalized spacial score (nSPS) is 16.7. The number of amides is 15. The van der Waals surface area contributed by atoms with Crippen LogP contribution in [0.1, 0.15) is 230 Å². The lowest BCUT2D eigenvalue weighted by Gasteiger charge is -2.30. The van der Waals surface area contributed by atoms with E-state index < -0.39 is 206 Å². The van der Waals surface area contributed by atoms with Gasteiger partial charge < -0.3 is 102 Å². The second-order valence-electron chi connectivity index (χ2n) is 28.6. The summed E-state index contributed by atoms with van der Waals surface area (Å²) in [4.78, 5) is 203. The fraction of sp³-hybridized carbons (Fsp3) is 0.792. The van der Waals surface area contributed by atoms with E-state index in [4.69, 9.17) is 22.9 Å². The maximum absolute atomic E-state index is 14.2. The summed E-state index contributed by atoms with van der Waals surface area (Å²) in [6, 6.07) is -12.6. The number of aliphatic hydroxyl groups excluding tert-OH is 2. The molecule has 0 aromatic rings. The highest BCUT2D eigenvalue weighted by atomic mass is 16.3. The smallest absolute Gasteiger partial charge is 0.243 e. The summed E-state index contributed by atoms with van der Waals surface area (Å²) in [7, 11) is 0. The Hall–Kier alpha value is -8.11. The minimum atomic E-state index is -1.50. The van der Waals surface area contributed by atoms with E-state index in [9.17, 15) is 82.1 Å². The van der Waals surface area contributed by atoms with Gasteiger partial charge in [-0.2, -0.15) is 0 Å². The van der Waals surface area contributed by atoms with Gasteiger partial charge in [0.2, 0.25) is 88.6 Å². The van der Waals surface area contributed by atoms with Crippen LogP contribution in [-0.4, -0.2) is 216 Å². The second kappa shape index (κ2) is 52.8. The fourth-order valence-electron chi connectivity index (χ4n) is 12.1. The van der Waals surface area contributed by atoms with Crippen LogP contribution in [0.3, 0.4) is 0 Å². The highest BCUT2D eigenvalue weighted by Gasteiger charge is 2.37. The lowest BCUT2D eigenvalue weighted by molar-refractivity contribution is -0.135. The molecule has 15 atom stereocenters. The first-order valence-corrected chi connectivity index (χ1v) is 38.2. The first-order chi connectivity index (χ1) is 50.2. The minimum Gasteiger partial charge on any atom is -0.394 e. The Balaban J connectivity index is 3.19. The van der Waals surface area contributed by atoms with Crippen molar-refractivity contribution < 1.29 is 82.1 Å². The zero-order chi connectivity index (χ0) is 80.2. The molecular formula is C72H131N17O17. The summed E-state index contributed by atoms with van der Waals surface area (Å²) in [5, 5.41) is 53.0. The first kappa shape index (κ1) is 95.9. The highest BCUT2D eigenvalue weighted by molar-refractivity contribution is 5.96. The fourth-order valence-corrected chi connectivity index (χ4v) is 12.1. The van der Waals surface area contributed by atoms with Gasteiger partial charge in [0, 0.05) is 70.1 Å². The number of primary amides is 2. The molecule has 106 heavy (non-hydrogen) atoms. The third kappa shape index (κ3) is 37.4. The number of carbonyl (C=O) groups is 15. The number of hydrogen-bond acceptors (Lipinski definition) is 19. The van der Waals surface area contributed by atoms with Gasteiger partial charge in [-0.3, -0.25) is 71.9 Å². The van der Waals surface area contributed by atoms with Gasteiger partial charge in [-0.25, -0.2) is 0 Å². The van der Waals surface area contributed by atoms with Gasteiger partial charge >= 0.3 is 0 Å². The molecule has 0 aliphatic carbocycles. The average Bonchev–Trinajstić information content (AvgIpc) is 1.74. The number of rotatable bonds is 56. The summed E-state index contributed by atoms with van der Waals surface area (Å²) in [6.45, 7) is 18.1. The van der Waals surface area contributed by atoms with Crippen molar-refractivity contribution in [3.8, 4) is 0 Å². The number of nitrogens with two attached hydrogens (primary N) is 4. The van der Waals surface area contributed by atoms with Gasteiger partial charge in [-0.15, -0.1) is 0 Å². The molecular weight excluding hydrogens is 1370 g/mol. The zero-order valence-corrected chi connectivity index (χ0v) is 64.7. The number of nitrogens with one attached hydrogen (secondary N) is 12. The maximum Gasteiger partial charge on any atom is 0.243 e. The molecule has 1 saturated heterocycles. The Kier molecular flexibility index (Phi) is 47.8. The van der Waals surface area contributed by atoms with E-state index in [0.29, 0.717) is 96.7 Å². The van der Waals surface area contributed by atoms with E-state index in [0.717, 1.165) is 12.8 Å². The number of aliphatic hydroxyl groups is 2. The molecule has 1 rings (SSSR count). The Labute approximate surface area is 625 Å². The molecule has 1 heterocycles. The van der Waals surface area contributed by atoms with E-state index in [-0.39, 0.29) is 62.8 Å². The highest BCUT2D eigenvalue weighted by Crippen LogP contribution is 2.22. The van der Waals surface area contributed by atoms with Gasteiger partial charge in [-0.05, 0) is 107 Å². The number of carbonyl (C=O) groups excluding carboxylic acids is 15. The molecule has 0 radical (unpaired) electrons. The number of hydrogen-bond donors (Lipinski definition) is 18. The summed E-state index contributed by atoms with van der Waals surface area (Å²) < 4.78 is 0. The van der Waals surface area contributed by atoms with Gasteiger partial charge in [0.05, 0.1) is 31.8 Å². The summed E-state index contributed by atoms with van der Waals surface area (Å²) >= 11 is 0. The molecule has 1 aliphatic heterocycles. The van der Waals surface area contributed by atoms with Crippen molar-refractivity contribution in [2.24, 2.45) is 46.6 Å². The topological polar surface area (TPSA) is 548 Å². The number of unbranched alkanes of at least 4 members (excludes halogenated alkanes) is 4. The van der Waals surface area contributed by atoms with Gasteiger partial charge in [-0.1, -0.05) is 114 Å². The Morgan fingerprint density at radius 3 is 1.34 bits per heavy atom. The van der Waals surface area contributed by atoms with Gasteiger partial charge in [0.1, 0.15) is 42.3 Å². The average molecular weight is 1510 g/mol. The van der Waals surface area contributed by atoms with Crippen LogP contribution in [0.25, 0.3) is 0 Å². The van der Waals surface area contributed by atoms with Crippen LogP contribution in [0.15, 0.2) is 0 Å². The van der Waals surface area contributed by atoms with Crippen molar-refractivity contribution in [1.82, 2.24) is 68.7 Å². The molecule has 0 unspecified atom stereocenters. The van der Waals surface area contributed by atoms with Crippen molar-refractivity contribution >= 4 is 88.6 Å². The lowest BCUT2D eigenvalue weighted by Crippen LogP contribution is -2.58. The van der Waals surface area contributed by atoms with Crippen LogP contribution in [-0.2, 0) is 71.9 Å². The molecule has 15 amide bonds. The first-order valence-electron chi connectivity index (χ1n) is 38.2. The molecule has 0 aromatic heterocycles. The van der Waals surface area contributed by atoms with Crippen LogP contribution < -0.4 is 86.7 Å².